The molecule has 2 nitrogen and oxygen atoms in total. The minimum Gasteiger partial charge on any atom is -0.344 e. The van der Waals surface area contributed by atoms with Crippen LogP contribution in [-0.2, 0) is 0 Å². The largest absolute Gasteiger partial charge is 0.344 e. The van der Waals surface area contributed by atoms with E-state index in [-0.39, 0.29) is 30.1 Å². The van der Waals surface area contributed by atoms with Crippen molar-refractivity contribution in [2.45, 2.75) is 0 Å². The number of halogens is 1. The quantitative estimate of drug-likeness (QED) is 0.415. The molecule has 0 aromatic carbocycles. The topological polar surface area (TPSA) is 35.0 Å². The lowest BCUT2D eigenvalue weighted by atomic mass is 10.3. The van der Waals surface area contributed by atoms with E-state index in [9.17, 15) is 0 Å². The summed E-state index contributed by atoms with van der Waals surface area (Å²) < 4.78 is 0.903. The molecule has 0 radical (unpaired) electrons. The Labute approximate surface area is 111 Å². The summed E-state index contributed by atoms with van der Waals surface area (Å²) in [6, 6.07) is 0. The van der Waals surface area contributed by atoms with Gasteiger partial charge in [0, 0.05) is 0 Å². The Morgan fingerprint density at radius 3 is 1.00 bits per heavy atom. The number of nitrogens with zero attached hydrogens (tertiary/aromatic N) is 1. The fourth-order valence-corrected chi connectivity index (χ4v) is 1.54. The van der Waals surface area contributed by atoms with Gasteiger partial charge < -0.3 is 10.6 Å². The summed E-state index contributed by atoms with van der Waals surface area (Å²) in [6.07, 6.45) is 7.76. The van der Waals surface area contributed by atoms with Gasteiger partial charge in [-0.3, -0.25) is 0 Å². The third kappa shape index (κ3) is 7.53. The Morgan fingerprint density at radius 1 is 0.667 bits per heavy atom. The minimum absolute atomic E-state index is 0. The predicted molar refractivity (Wildman–Crippen MR) is 81.0 cm³/mol. The standard InChI is InChI=1S/C12H20N.HI.H3N/c1-5-9-13(10-6-2,11-7-3)12-8-4;;/h5-8H,1-4,9-12H2;1H;1H3/q+1;;. The third-order valence-electron chi connectivity index (χ3n) is 2.07. The normalized spacial score (nSPS) is 9.07. The molecular weight excluding hydrogens is 299 g/mol. The lowest BCUT2D eigenvalue weighted by Crippen LogP contribution is -2.48. The molecule has 0 amide bonds. The monoisotopic (exact) mass is 323 g/mol. The molecule has 88 valence electrons. The summed E-state index contributed by atoms with van der Waals surface area (Å²) in [5, 5.41) is 0. The highest BCUT2D eigenvalue weighted by Crippen LogP contribution is 2.07. The highest BCUT2D eigenvalue weighted by molar-refractivity contribution is 14.0. The average molecular weight is 323 g/mol. The van der Waals surface area contributed by atoms with Crippen molar-refractivity contribution in [1.29, 1.82) is 0 Å². The number of quaternary nitrogens is 1. The molecule has 3 heteroatoms. The van der Waals surface area contributed by atoms with Crippen LogP contribution in [0.15, 0.2) is 50.6 Å². The van der Waals surface area contributed by atoms with Crippen LogP contribution in [0.25, 0.3) is 0 Å². The Morgan fingerprint density at radius 2 is 0.867 bits per heavy atom. The molecule has 3 N–H and O–H groups in total. The van der Waals surface area contributed by atoms with Crippen molar-refractivity contribution in [2.75, 3.05) is 26.2 Å². The van der Waals surface area contributed by atoms with E-state index in [1.165, 1.54) is 0 Å². The molecule has 0 saturated heterocycles. The van der Waals surface area contributed by atoms with E-state index in [2.05, 4.69) is 26.3 Å². The van der Waals surface area contributed by atoms with Gasteiger partial charge in [-0.1, -0.05) is 26.3 Å². The first-order valence-corrected chi connectivity index (χ1v) is 4.53. The number of rotatable bonds is 8. The van der Waals surface area contributed by atoms with Gasteiger partial charge in [-0.25, -0.2) is 0 Å². The molecule has 0 fully saturated rings. The molecule has 0 unspecified atom stereocenters. The van der Waals surface area contributed by atoms with Gasteiger partial charge in [-0.2, -0.15) is 0 Å². The van der Waals surface area contributed by atoms with Crippen molar-refractivity contribution >= 4 is 24.0 Å². The van der Waals surface area contributed by atoms with Crippen LogP contribution in [0.3, 0.4) is 0 Å². The van der Waals surface area contributed by atoms with Crippen LogP contribution in [0.5, 0.6) is 0 Å². The summed E-state index contributed by atoms with van der Waals surface area (Å²) >= 11 is 0. The van der Waals surface area contributed by atoms with Crippen LogP contribution in [0.4, 0.5) is 0 Å². The van der Waals surface area contributed by atoms with Crippen LogP contribution in [0.2, 0.25) is 0 Å². The van der Waals surface area contributed by atoms with Crippen LogP contribution in [0, 0.1) is 0 Å². The SMILES string of the molecule is C=CC[N+](CC=C)(CC=C)CC=C.I.N. The average Bonchev–Trinajstić information content (AvgIpc) is 2.06. The first kappa shape index (κ1) is 20.1. The highest BCUT2D eigenvalue weighted by atomic mass is 127. The molecule has 0 aromatic heterocycles. The van der Waals surface area contributed by atoms with E-state index in [4.69, 9.17) is 0 Å². The second-order valence-electron chi connectivity index (χ2n) is 3.23. The summed E-state index contributed by atoms with van der Waals surface area (Å²) in [6.45, 7) is 18.8. The minimum atomic E-state index is 0. The fourth-order valence-electron chi connectivity index (χ4n) is 1.54. The molecule has 0 aromatic rings. The van der Waals surface area contributed by atoms with Crippen molar-refractivity contribution in [3.05, 3.63) is 50.6 Å². The fraction of sp³-hybridized carbons (Fsp3) is 0.333. The van der Waals surface area contributed by atoms with E-state index < -0.39 is 0 Å². The predicted octanol–water partition coefficient (Wildman–Crippen LogP) is 3.33. The summed E-state index contributed by atoms with van der Waals surface area (Å²) in [5.74, 6) is 0. The van der Waals surface area contributed by atoms with Gasteiger partial charge in [-0.05, 0) is 24.3 Å². The molecule has 0 aliphatic carbocycles. The Kier molecular flexibility index (Phi) is 15.6. The maximum Gasteiger partial charge on any atom is 0.0978 e. The molecule has 0 atom stereocenters. The second-order valence-corrected chi connectivity index (χ2v) is 3.23. The molecule has 0 heterocycles. The first-order valence-electron chi connectivity index (χ1n) is 4.53. The first-order chi connectivity index (χ1) is 6.24. The Hall–Kier alpha value is -0.390. The van der Waals surface area contributed by atoms with Crippen molar-refractivity contribution in [3.8, 4) is 0 Å². The molecule has 0 aliphatic heterocycles. The second kappa shape index (κ2) is 11.7. The van der Waals surface area contributed by atoms with E-state index in [1.54, 1.807) is 0 Å². The lowest BCUT2D eigenvalue weighted by molar-refractivity contribution is -0.906. The van der Waals surface area contributed by atoms with Crippen molar-refractivity contribution in [2.24, 2.45) is 0 Å². The molecule has 0 bridgehead atoms. The Bertz CT molecular complexity index is 154. The van der Waals surface area contributed by atoms with Gasteiger partial charge >= 0.3 is 0 Å². The number of hydrogen-bond acceptors (Lipinski definition) is 1. The van der Waals surface area contributed by atoms with E-state index in [1.807, 2.05) is 24.3 Å². The zero-order valence-electron chi connectivity index (χ0n) is 9.53. The van der Waals surface area contributed by atoms with Crippen LogP contribution < -0.4 is 6.15 Å². The summed E-state index contributed by atoms with van der Waals surface area (Å²) in [4.78, 5) is 0. The zero-order chi connectivity index (χ0) is 10.2. The molecule has 0 saturated carbocycles. The van der Waals surface area contributed by atoms with Gasteiger partial charge in [0.1, 0.15) is 0 Å². The van der Waals surface area contributed by atoms with Crippen molar-refractivity contribution in [1.82, 2.24) is 6.15 Å². The molecule has 0 aliphatic rings. The maximum atomic E-state index is 3.77. The van der Waals surface area contributed by atoms with Crippen LogP contribution in [-0.4, -0.2) is 30.7 Å². The third-order valence-corrected chi connectivity index (χ3v) is 2.07. The van der Waals surface area contributed by atoms with Gasteiger partial charge in [0.15, 0.2) is 0 Å². The van der Waals surface area contributed by atoms with Crippen LogP contribution in [0.1, 0.15) is 0 Å². The maximum absolute atomic E-state index is 3.77. The summed E-state index contributed by atoms with van der Waals surface area (Å²) in [7, 11) is 0. The molecule has 0 rings (SSSR count). The smallest absolute Gasteiger partial charge is 0.0978 e. The van der Waals surface area contributed by atoms with Gasteiger partial charge in [0.25, 0.3) is 0 Å². The summed E-state index contributed by atoms with van der Waals surface area (Å²) in [5.41, 5.74) is 0. The molecular formula is C12H24IN2+. The number of hydrogen-bond donors (Lipinski definition) is 1. The highest BCUT2D eigenvalue weighted by Gasteiger charge is 2.20. The van der Waals surface area contributed by atoms with Crippen LogP contribution >= 0.6 is 24.0 Å². The van der Waals surface area contributed by atoms with E-state index in [0.717, 1.165) is 30.7 Å². The van der Waals surface area contributed by atoms with Gasteiger partial charge in [0.2, 0.25) is 0 Å². The van der Waals surface area contributed by atoms with Gasteiger partial charge in [-0.15, -0.1) is 24.0 Å². The zero-order valence-corrected chi connectivity index (χ0v) is 11.9. The molecule has 0 spiro atoms. The van der Waals surface area contributed by atoms with Crippen molar-refractivity contribution in [3.63, 3.8) is 0 Å². The van der Waals surface area contributed by atoms with E-state index in [0.29, 0.717) is 0 Å². The molecule has 15 heavy (non-hydrogen) atoms. The van der Waals surface area contributed by atoms with Gasteiger partial charge in [0.05, 0.1) is 26.2 Å². The van der Waals surface area contributed by atoms with Crippen molar-refractivity contribution < 1.29 is 4.48 Å². The van der Waals surface area contributed by atoms with E-state index >= 15 is 0 Å². The lowest BCUT2D eigenvalue weighted by Gasteiger charge is -2.35. The Balaban J connectivity index is -0.000000720.